The zero-order valence-electron chi connectivity index (χ0n) is 13.4. The molecule has 0 atom stereocenters. The average Bonchev–Trinajstić information content (AvgIpc) is 2.54. The van der Waals surface area contributed by atoms with Gasteiger partial charge in [0.05, 0.1) is 11.4 Å². The molecule has 2 aromatic rings. The molecule has 2 N–H and O–H groups in total. The Bertz CT molecular complexity index is 714. The number of anilines is 1. The number of hydrogen-bond acceptors (Lipinski definition) is 4. The van der Waals surface area contributed by atoms with E-state index >= 15 is 0 Å². The fraction of sp³-hybridized carbons (Fsp3) is 0.353. The molecule has 0 fully saturated rings. The van der Waals surface area contributed by atoms with E-state index in [0.717, 1.165) is 29.8 Å². The standard InChI is InChI=1S/C17H21N3O2S/c1-3-8-14-13(4-2)16(22)20-17(19-14)23-11-15(21)18-12-9-6-5-7-10-12/h5-7,9-10H,3-4,8,11H2,1-2H3,(H,18,21)(H,19,20,22). The number of carbonyl (C=O) groups is 1. The van der Waals surface area contributed by atoms with Crippen molar-refractivity contribution >= 4 is 23.4 Å². The highest BCUT2D eigenvalue weighted by atomic mass is 32.2. The summed E-state index contributed by atoms with van der Waals surface area (Å²) in [5, 5.41) is 3.31. The summed E-state index contributed by atoms with van der Waals surface area (Å²) in [5.74, 6) is 0.0787. The number of amides is 1. The molecule has 2 rings (SSSR count). The predicted molar refractivity (Wildman–Crippen MR) is 94.0 cm³/mol. The number of rotatable bonds is 7. The molecule has 1 heterocycles. The van der Waals surface area contributed by atoms with Crippen LogP contribution in [0.25, 0.3) is 0 Å². The van der Waals surface area contributed by atoms with Gasteiger partial charge in [0.25, 0.3) is 5.56 Å². The van der Waals surface area contributed by atoms with E-state index in [4.69, 9.17) is 0 Å². The first-order valence-electron chi connectivity index (χ1n) is 7.73. The third-order valence-electron chi connectivity index (χ3n) is 3.32. The van der Waals surface area contributed by atoms with Gasteiger partial charge in [-0.1, -0.05) is 50.2 Å². The quantitative estimate of drug-likeness (QED) is 0.604. The van der Waals surface area contributed by atoms with Crippen LogP contribution in [0.1, 0.15) is 31.5 Å². The molecule has 0 radical (unpaired) electrons. The Morgan fingerprint density at radius 1 is 1.26 bits per heavy atom. The lowest BCUT2D eigenvalue weighted by Crippen LogP contribution is -2.19. The number of carbonyl (C=O) groups excluding carboxylic acids is 1. The molecule has 0 unspecified atom stereocenters. The summed E-state index contributed by atoms with van der Waals surface area (Å²) in [6.45, 7) is 4.01. The summed E-state index contributed by atoms with van der Waals surface area (Å²) in [6, 6.07) is 9.28. The summed E-state index contributed by atoms with van der Waals surface area (Å²) >= 11 is 1.24. The molecule has 0 aliphatic heterocycles. The normalized spacial score (nSPS) is 10.5. The van der Waals surface area contributed by atoms with Crippen LogP contribution < -0.4 is 10.9 Å². The molecular formula is C17H21N3O2S. The number of aromatic amines is 1. The minimum atomic E-state index is -0.125. The number of nitrogens with zero attached hydrogens (tertiary/aromatic N) is 1. The maximum Gasteiger partial charge on any atom is 0.254 e. The molecule has 1 amide bonds. The van der Waals surface area contributed by atoms with E-state index in [2.05, 4.69) is 22.2 Å². The third kappa shape index (κ3) is 4.96. The number of benzene rings is 1. The second-order valence-corrected chi connectivity index (χ2v) is 6.07. The van der Waals surface area contributed by atoms with Gasteiger partial charge in [0.2, 0.25) is 5.91 Å². The fourth-order valence-electron chi connectivity index (χ4n) is 2.25. The molecule has 0 saturated carbocycles. The molecule has 23 heavy (non-hydrogen) atoms. The Labute approximate surface area is 139 Å². The molecule has 0 bridgehead atoms. The lowest BCUT2D eigenvalue weighted by Gasteiger charge is -2.08. The first-order valence-corrected chi connectivity index (χ1v) is 8.72. The van der Waals surface area contributed by atoms with Gasteiger partial charge in [-0.3, -0.25) is 9.59 Å². The van der Waals surface area contributed by atoms with E-state index in [1.54, 1.807) is 0 Å². The summed E-state index contributed by atoms with van der Waals surface area (Å²) in [4.78, 5) is 31.3. The highest BCUT2D eigenvalue weighted by molar-refractivity contribution is 7.99. The Hall–Kier alpha value is -2.08. The van der Waals surface area contributed by atoms with Crippen LogP contribution >= 0.6 is 11.8 Å². The molecular weight excluding hydrogens is 310 g/mol. The number of para-hydroxylation sites is 1. The van der Waals surface area contributed by atoms with Gasteiger partial charge in [-0.25, -0.2) is 4.98 Å². The zero-order chi connectivity index (χ0) is 16.7. The number of aryl methyl sites for hydroxylation is 1. The molecule has 0 saturated heterocycles. The van der Waals surface area contributed by atoms with Gasteiger partial charge >= 0.3 is 0 Å². The van der Waals surface area contributed by atoms with Crippen molar-refractivity contribution in [2.24, 2.45) is 0 Å². The second-order valence-electron chi connectivity index (χ2n) is 5.10. The topological polar surface area (TPSA) is 74.8 Å². The van der Waals surface area contributed by atoms with Gasteiger partial charge in [-0.15, -0.1) is 0 Å². The number of thioether (sulfide) groups is 1. The maximum absolute atomic E-state index is 12.1. The maximum atomic E-state index is 12.1. The number of H-pyrrole nitrogens is 1. The van der Waals surface area contributed by atoms with Gasteiger partial charge in [0, 0.05) is 11.3 Å². The number of hydrogen-bond donors (Lipinski definition) is 2. The van der Waals surface area contributed by atoms with E-state index in [9.17, 15) is 9.59 Å². The van der Waals surface area contributed by atoms with Crippen LogP contribution in [0.5, 0.6) is 0 Å². The molecule has 5 nitrogen and oxygen atoms in total. The molecule has 6 heteroatoms. The van der Waals surface area contributed by atoms with Crippen molar-refractivity contribution < 1.29 is 4.79 Å². The zero-order valence-corrected chi connectivity index (χ0v) is 14.2. The Balaban J connectivity index is 2.02. The van der Waals surface area contributed by atoms with Gasteiger partial charge in [0.15, 0.2) is 5.16 Å². The summed E-state index contributed by atoms with van der Waals surface area (Å²) < 4.78 is 0. The van der Waals surface area contributed by atoms with E-state index in [-0.39, 0.29) is 17.2 Å². The first kappa shape index (κ1) is 17.3. The largest absolute Gasteiger partial charge is 0.325 e. The van der Waals surface area contributed by atoms with E-state index in [1.165, 1.54) is 11.8 Å². The molecule has 1 aromatic carbocycles. The number of nitrogens with one attached hydrogen (secondary N) is 2. The molecule has 1 aromatic heterocycles. The van der Waals surface area contributed by atoms with Crippen molar-refractivity contribution in [3.8, 4) is 0 Å². The average molecular weight is 331 g/mol. The summed E-state index contributed by atoms with van der Waals surface area (Å²) in [6.07, 6.45) is 2.37. The van der Waals surface area contributed by atoms with Crippen LogP contribution in [0, 0.1) is 0 Å². The lowest BCUT2D eigenvalue weighted by molar-refractivity contribution is -0.113. The van der Waals surface area contributed by atoms with Gasteiger partial charge < -0.3 is 10.3 Å². The second kappa shape index (κ2) is 8.53. The Morgan fingerprint density at radius 3 is 2.65 bits per heavy atom. The van der Waals surface area contributed by atoms with Crippen LogP contribution in [-0.4, -0.2) is 21.6 Å². The minimum absolute atomic E-state index is 0.100. The van der Waals surface area contributed by atoms with Crippen LogP contribution in [-0.2, 0) is 17.6 Å². The van der Waals surface area contributed by atoms with Crippen molar-refractivity contribution in [2.75, 3.05) is 11.1 Å². The van der Waals surface area contributed by atoms with Crippen LogP contribution in [0.3, 0.4) is 0 Å². The third-order valence-corrected chi connectivity index (χ3v) is 4.19. The SMILES string of the molecule is CCCc1nc(SCC(=O)Nc2ccccc2)[nH]c(=O)c1CC. The van der Waals surface area contributed by atoms with Crippen molar-refractivity contribution in [3.63, 3.8) is 0 Å². The smallest absolute Gasteiger partial charge is 0.254 e. The minimum Gasteiger partial charge on any atom is -0.325 e. The first-order chi connectivity index (χ1) is 11.1. The Morgan fingerprint density at radius 2 is 2.00 bits per heavy atom. The summed E-state index contributed by atoms with van der Waals surface area (Å²) in [7, 11) is 0. The predicted octanol–water partition coefficient (Wildman–Crippen LogP) is 3.02. The van der Waals surface area contributed by atoms with Gasteiger partial charge in [-0.05, 0) is 25.0 Å². The van der Waals surface area contributed by atoms with E-state index in [0.29, 0.717) is 11.6 Å². The van der Waals surface area contributed by atoms with Crippen molar-refractivity contribution in [2.45, 2.75) is 38.3 Å². The molecule has 0 aliphatic carbocycles. The van der Waals surface area contributed by atoms with Crippen molar-refractivity contribution in [1.29, 1.82) is 0 Å². The molecule has 0 spiro atoms. The van der Waals surface area contributed by atoms with E-state index < -0.39 is 0 Å². The van der Waals surface area contributed by atoms with Gasteiger partial charge in [-0.2, -0.15) is 0 Å². The van der Waals surface area contributed by atoms with Crippen LogP contribution in [0.2, 0.25) is 0 Å². The fourth-order valence-corrected chi connectivity index (χ4v) is 2.93. The van der Waals surface area contributed by atoms with Gasteiger partial charge in [0.1, 0.15) is 0 Å². The van der Waals surface area contributed by atoms with Crippen LogP contribution in [0.15, 0.2) is 40.3 Å². The molecule has 0 aliphatic rings. The van der Waals surface area contributed by atoms with E-state index in [1.807, 2.05) is 37.3 Å². The lowest BCUT2D eigenvalue weighted by atomic mass is 10.1. The molecule has 122 valence electrons. The van der Waals surface area contributed by atoms with Crippen molar-refractivity contribution in [1.82, 2.24) is 9.97 Å². The number of aromatic nitrogens is 2. The Kier molecular flexibility index (Phi) is 6.40. The highest BCUT2D eigenvalue weighted by Gasteiger charge is 2.11. The van der Waals surface area contributed by atoms with Crippen molar-refractivity contribution in [3.05, 3.63) is 51.9 Å². The monoisotopic (exact) mass is 331 g/mol. The summed E-state index contributed by atoms with van der Waals surface area (Å²) in [5.41, 5.74) is 2.24. The van der Waals surface area contributed by atoms with Crippen LogP contribution in [0.4, 0.5) is 5.69 Å². The highest BCUT2D eigenvalue weighted by Crippen LogP contribution is 2.15.